The van der Waals surface area contributed by atoms with E-state index in [0.717, 1.165) is 43.7 Å². The molecule has 1 fully saturated rings. The molecular formula is C23H26N4O3. The number of rotatable bonds is 5. The molecule has 1 aromatic heterocycles. The van der Waals surface area contributed by atoms with Crippen LogP contribution in [0.3, 0.4) is 0 Å². The zero-order valence-electron chi connectivity index (χ0n) is 17.0. The van der Waals surface area contributed by atoms with Crippen LogP contribution in [0.5, 0.6) is 5.75 Å². The lowest BCUT2D eigenvalue weighted by atomic mass is 10.0. The number of methoxy groups -OCH3 is 1. The second kappa shape index (κ2) is 9.00. The molecule has 0 bridgehead atoms. The van der Waals surface area contributed by atoms with Gasteiger partial charge in [-0.25, -0.2) is 4.79 Å². The third kappa shape index (κ3) is 4.63. The van der Waals surface area contributed by atoms with Crippen molar-refractivity contribution in [3.63, 3.8) is 0 Å². The molecule has 2 heterocycles. The van der Waals surface area contributed by atoms with Gasteiger partial charge in [0.15, 0.2) is 0 Å². The van der Waals surface area contributed by atoms with Crippen molar-refractivity contribution in [1.29, 1.82) is 0 Å². The number of carbonyl (C=O) groups excluding carboxylic acids is 2. The summed E-state index contributed by atoms with van der Waals surface area (Å²) in [5.74, 6) is 0.461. The summed E-state index contributed by atoms with van der Waals surface area (Å²) >= 11 is 0. The number of nitrogens with one attached hydrogen (secondary N) is 3. The molecule has 3 amide bonds. The lowest BCUT2D eigenvalue weighted by Gasteiger charge is -2.32. The minimum Gasteiger partial charge on any atom is -0.497 e. The molecule has 30 heavy (non-hydrogen) atoms. The highest BCUT2D eigenvalue weighted by atomic mass is 16.5. The van der Waals surface area contributed by atoms with Gasteiger partial charge in [-0.1, -0.05) is 18.2 Å². The third-order valence-electron chi connectivity index (χ3n) is 5.55. The van der Waals surface area contributed by atoms with Crippen molar-refractivity contribution in [3.05, 3.63) is 65.9 Å². The molecule has 1 saturated heterocycles. The SMILES string of the molecule is COc1ccc2[nH]cc(CN3CCC(NC(=O)NC(=O)c4ccccc4)CC3)c2c1. The predicted molar refractivity (Wildman–Crippen MR) is 116 cm³/mol. The lowest BCUT2D eigenvalue weighted by molar-refractivity contribution is 0.0962. The molecule has 4 rings (SSSR count). The summed E-state index contributed by atoms with van der Waals surface area (Å²) in [6, 6.07) is 14.4. The standard InChI is InChI=1S/C23H26N4O3/c1-30-19-7-8-21-20(13-19)17(14-24-21)15-27-11-9-18(10-12-27)25-23(29)26-22(28)16-5-3-2-4-6-16/h2-8,13-14,18,24H,9-12,15H2,1H3,(H2,25,26,28,29). The number of H-pyrrole nitrogens is 1. The Morgan fingerprint density at radius 3 is 2.63 bits per heavy atom. The Kier molecular flexibility index (Phi) is 5.99. The first-order chi connectivity index (χ1) is 14.6. The van der Waals surface area contributed by atoms with E-state index in [2.05, 4.69) is 32.8 Å². The van der Waals surface area contributed by atoms with Gasteiger partial charge in [-0.15, -0.1) is 0 Å². The van der Waals surface area contributed by atoms with Crippen LogP contribution in [0.4, 0.5) is 4.79 Å². The fourth-order valence-corrected chi connectivity index (χ4v) is 3.88. The first-order valence-corrected chi connectivity index (χ1v) is 10.2. The van der Waals surface area contributed by atoms with E-state index in [9.17, 15) is 9.59 Å². The minimum absolute atomic E-state index is 0.0629. The highest BCUT2D eigenvalue weighted by Gasteiger charge is 2.22. The smallest absolute Gasteiger partial charge is 0.321 e. The maximum atomic E-state index is 12.2. The number of piperidine rings is 1. The van der Waals surface area contributed by atoms with E-state index in [-0.39, 0.29) is 11.9 Å². The number of amides is 3. The topological polar surface area (TPSA) is 86.5 Å². The number of benzene rings is 2. The number of hydrogen-bond acceptors (Lipinski definition) is 4. The largest absolute Gasteiger partial charge is 0.497 e. The Morgan fingerprint density at radius 1 is 1.13 bits per heavy atom. The number of imide groups is 1. The molecule has 7 heteroatoms. The van der Waals surface area contributed by atoms with Crippen LogP contribution in [-0.4, -0.2) is 48.1 Å². The second-order valence-corrected chi connectivity index (χ2v) is 7.57. The molecule has 0 atom stereocenters. The highest BCUT2D eigenvalue weighted by molar-refractivity contribution is 6.04. The summed E-state index contributed by atoms with van der Waals surface area (Å²) < 4.78 is 5.35. The average molecular weight is 406 g/mol. The van der Waals surface area contributed by atoms with Crippen molar-refractivity contribution in [2.24, 2.45) is 0 Å². The van der Waals surface area contributed by atoms with Gasteiger partial charge in [-0.2, -0.15) is 0 Å². The monoisotopic (exact) mass is 406 g/mol. The molecule has 0 aliphatic carbocycles. The van der Waals surface area contributed by atoms with Crippen molar-refractivity contribution in [2.45, 2.75) is 25.4 Å². The number of nitrogens with zero attached hydrogens (tertiary/aromatic N) is 1. The van der Waals surface area contributed by atoms with Crippen LogP contribution in [0.1, 0.15) is 28.8 Å². The Balaban J connectivity index is 1.27. The molecule has 1 aliphatic rings. The number of likely N-dealkylation sites (tertiary alicyclic amines) is 1. The van der Waals surface area contributed by atoms with Crippen LogP contribution >= 0.6 is 0 Å². The maximum absolute atomic E-state index is 12.2. The number of hydrogen-bond donors (Lipinski definition) is 3. The first kappa shape index (κ1) is 20.0. The summed E-state index contributed by atoms with van der Waals surface area (Å²) in [5.41, 5.74) is 2.81. The van der Waals surface area contributed by atoms with Crippen molar-refractivity contribution in [1.82, 2.24) is 20.5 Å². The van der Waals surface area contributed by atoms with E-state index in [4.69, 9.17) is 4.74 Å². The second-order valence-electron chi connectivity index (χ2n) is 7.57. The zero-order chi connectivity index (χ0) is 20.9. The first-order valence-electron chi connectivity index (χ1n) is 10.2. The Bertz CT molecular complexity index is 1020. The molecule has 2 aromatic carbocycles. The molecular weight excluding hydrogens is 380 g/mol. The molecule has 0 unspecified atom stereocenters. The molecule has 0 radical (unpaired) electrons. The van der Waals surface area contributed by atoms with Gasteiger partial charge < -0.3 is 15.0 Å². The van der Waals surface area contributed by atoms with E-state index in [1.165, 1.54) is 10.9 Å². The summed E-state index contributed by atoms with van der Waals surface area (Å²) in [5, 5.41) is 6.50. The van der Waals surface area contributed by atoms with Crippen LogP contribution in [0.2, 0.25) is 0 Å². The fraction of sp³-hybridized carbons (Fsp3) is 0.304. The van der Waals surface area contributed by atoms with Gasteiger partial charge in [0.1, 0.15) is 5.75 Å². The number of ether oxygens (including phenoxy) is 1. The van der Waals surface area contributed by atoms with Gasteiger partial charge in [0.2, 0.25) is 0 Å². The molecule has 1 aliphatic heterocycles. The Labute approximate surface area is 175 Å². The molecule has 0 spiro atoms. The van der Waals surface area contributed by atoms with Gasteiger partial charge in [-0.05, 0) is 48.7 Å². The van der Waals surface area contributed by atoms with Crippen LogP contribution in [0.25, 0.3) is 10.9 Å². The van der Waals surface area contributed by atoms with E-state index in [1.54, 1.807) is 31.4 Å². The van der Waals surface area contributed by atoms with Crippen LogP contribution in [0, 0.1) is 0 Å². The van der Waals surface area contributed by atoms with Crippen LogP contribution < -0.4 is 15.4 Å². The van der Waals surface area contributed by atoms with E-state index >= 15 is 0 Å². The number of urea groups is 1. The fourth-order valence-electron chi connectivity index (χ4n) is 3.88. The number of carbonyl (C=O) groups is 2. The molecule has 7 nitrogen and oxygen atoms in total. The molecule has 3 aromatic rings. The molecule has 156 valence electrons. The normalized spacial score (nSPS) is 15.1. The lowest BCUT2D eigenvalue weighted by Crippen LogP contribution is -2.49. The summed E-state index contributed by atoms with van der Waals surface area (Å²) in [6.45, 7) is 2.61. The van der Waals surface area contributed by atoms with E-state index in [0.29, 0.717) is 5.56 Å². The Morgan fingerprint density at radius 2 is 1.90 bits per heavy atom. The zero-order valence-corrected chi connectivity index (χ0v) is 17.0. The van der Waals surface area contributed by atoms with Gasteiger partial charge in [0, 0.05) is 48.3 Å². The van der Waals surface area contributed by atoms with Crippen LogP contribution in [-0.2, 0) is 6.54 Å². The van der Waals surface area contributed by atoms with Gasteiger partial charge in [-0.3, -0.25) is 15.0 Å². The summed E-state index contributed by atoms with van der Waals surface area (Å²) in [4.78, 5) is 30.0. The number of aromatic nitrogens is 1. The summed E-state index contributed by atoms with van der Waals surface area (Å²) in [6.07, 6.45) is 3.74. The van der Waals surface area contributed by atoms with Gasteiger partial charge in [0.05, 0.1) is 7.11 Å². The Hall–Kier alpha value is -3.32. The predicted octanol–water partition coefficient (Wildman–Crippen LogP) is 3.28. The molecule has 3 N–H and O–H groups in total. The van der Waals surface area contributed by atoms with Gasteiger partial charge >= 0.3 is 6.03 Å². The van der Waals surface area contributed by atoms with E-state index < -0.39 is 6.03 Å². The highest BCUT2D eigenvalue weighted by Crippen LogP contribution is 2.25. The van der Waals surface area contributed by atoms with Crippen molar-refractivity contribution >= 4 is 22.8 Å². The minimum atomic E-state index is -0.439. The van der Waals surface area contributed by atoms with Crippen molar-refractivity contribution < 1.29 is 14.3 Å². The number of fused-ring (bicyclic) bond motifs is 1. The quantitative estimate of drug-likeness (QED) is 0.607. The summed E-state index contributed by atoms with van der Waals surface area (Å²) in [7, 11) is 1.68. The van der Waals surface area contributed by atoms with E-state index in [1.807, 2.05) is 18.2 Å². The molecule has 0 saturated carbocycles. The van der Waals surface area contributed by atoms with Crippen molar-refractivity contribution in [2.75, 3.05) is 20.2 Å². The van der Waals surface area contributed by atoms with Crippen LogP contribution in [0.15, 0.2) is 54.7 Å². The van der Waals surface area contributed by atoms with Crippen molar-refractivity contribution in [3.8, 4) is 5.75 Å². The maximum Gasteiger partial charge on any atom is 0.321 e. The van der Waals surface area contributed by atoms with Gasteiger partial charge in [0.25, 0.3) is 5.91 Å². The third-order valence-corrected chi connectivity index (χ3v) is 5.55. The average Bonchev–Trinajstić information content (AvgIpc) is 3.17. The number of aromatic amines is 1.